The van der Waals surface area contributed by atoms with Crippen molar-refractivity contribution in [3.05, 3.63) is 16.7 Å². The molecule has 0 saturated carbocycles. The van der Waals surface area contributed by atoms with Crippen molar-refractivity contribution in [2.45, 2.75) is 44.2 Å². The van der Waals surface area contributed by atoms with Crippen LogP contribution in [0.4, 0.5) is 0 Å². The van der Waals surface area contributed by atoms with Crippen LogP contribution in [0.5, 0.6) is 0 Å². The molecule has 17 heavy (non-hydrogen) atoms. The number of ether oxygens (including phenoxy) is 1. The lowest BCUT2D eigenvalue weighted by Gasteiger charge is -2.27. The maximum absolute atomic E-state index is 6.23. The number of halogens is 1. The van der Waals surface area contributed by atoms with E-state index in [1.807, 2.05) is 0 Å². The molecule has 3 rings (SSSR count). The molecule has 1 aromatic rings. The SMILES string of the molecule is NC1CCc2c(Cl)nc(C3CCOCC3)n2C1. The monoisotopic (exact) mass is 255 g/mol. The number of rotatable bonds is 1. The number of imidazole rings is 1. The van der Waals surface area contributed by atoms with Gasteiger partial charge < -0.3 is 15.0 Å². The summed E-state index contributed by atoms with van der Waals surface area (Å²) in [6, 6.07) is 0.242. The Morgan fingerprint density at radius 1 is 1.29 bits per heavy atom. The standard InChI is InChI=1S/C12H18ClN3O/c13-11-10-2-1-9(14)7-16(10)12(15-11)8-3-5-17-6-4-8/h8-9H,1-7,14H2. The van der Waals surface area contributed by atoms with Crippen molar-refractivity contribution in [1.82, 2.24) is 9.55 Å². The Labute approximate surface area is 106 Å². The van der Waals surface area contributed by atoms with Gasteiger partial charge in [-0.05, 0) is 25.7 Å². The van der Waals surface area contributed by atoms with Gasteiger partial charge in [0.15, 0.2) is 5.15 Å². The summed E-state index contributed by atoms with van der Waals surface area (Å²) in [7, 11) is 0. The molecule has 2 aliphatic heterocycles. The molecule has 1 fully saturated rings. The van der Waals surface area contributed by atoms with Crippen molar-refractivity contribution in [2.24, 2.45) is 5.73 Å². The molecule has 1 unspecified atom stereocenters. The zero-order chi connectivity index (χ0) is 11.8. The zero-order valence-corrected chi connectivity index (χ0v) is 10.6. The van der Waals surface area contributed by atoms with Gasteiger partial charge in [-0.2, -0.15) is 0 Å². The van der Waals surface area contributed by atoms with E-state index in [0.717, 1.165) is 51.3 Å². The minimum Gasteiger partial charge on any atom is -0.381 e. The number of nitrogens with two attached hydrogens (primary N) is 1. The average molecular weight is 256 g/mol. The highest BCUT2D eigenvalue weighted by Crippen LogP contribution is 2.32. The molecule has 2 aliphatic rings. The minimum atomic E-state index is 0.242. The van der Waals surface area contributed by atoms with Gasteiger partial charge >= 0.3 is 0 Å². The van der Waals surface area contributed by atoms with E-state index < -0.39 is 0 Å². The van der Waals surface area contributed by atoms with Crippen LogP contribution in [-0.2, 0) is 17.7 Å². The van der Waals surface area contributed by atoms with Crippen molar-refractivity contribution >= 4 is 11.6 Å². The fraction of sp³-hybridized carbons (Fsp3) is 0.750. The van der Waals surface area contributed by atoms with E-state index in [4.69, 9.17) is 22.1 Å². The first-order chi connectivity index (χ1) is 8.25. The van der Waals surface area contributed by atoms with Gasteiger partial charge in [0.2, 0.25) is 0 Å². The third-order valence-electron chi connectivity index (χ3n) is 3.81. The third-order valence-corrected chi connectivity index (χ3v) is 4.11. The van der Waals surface area contributed by atoms with Crippen LogP contribution < -0.4 is 5.73 Å². The van der Waals surface area contributed by atoms with E-state index in [0.29, 0.717) is 11.1 Å². The van der Waals surface area contributed by atoms with Gasteiger partial charge in [-0.1, -0.05) is 11.6 Å². The van der Waals surface area contributed by atoms with Crippen molar-refractivity contribution in [1.29, 1.82) is 0 Å². The molecule has 1 saturated heterocycles. The number of hydrogen-bond acceptors (Lipinski definition) is 3. The second kappa shape index (κ2) is 4.59. The van der Waals surface area contributed by atoms with Gasteiger partial charge in [0, 0.05) is 31.7 Å². The lowest BCUT2D eigenvalue weighted by atomic mass is 9.98. The van der Waals surface area contributed by atoms with Crippen LogP contribution in [0.3, 0.4) is 0 Å². The summed E-state index contributed by atoms with van der Waals surface area (Å²) >= 11 is 6.23. The van der Waals surface area contributed by atoms with Gasteiger partial charge in [0.25, 0.3) is 0 Å². The maximum Gasteiger partial charge on any atom is 0.150 e. The van der Waals surface area contributed by atoms with Gasteiger partial charge in [0.05, 0.1) is 5.69 Å². The summed E-state index contributed by atoms with van der Waals surface area (Å²) in [5.74, 6) is 1.61. The quantitative estimate of drug-likeness (QED) is 0.831. The number of fused-ring (bicyclic) bond motifs is 1. The predicted molar refractivity (Wildman–Crippen MR) is 66.3 cm³/mol. The van der Waals surface area contributed by atoms with E-state index in [1.165, 1.54) is 5.69 Å². The molecule has 0 radical (unpaired) electrons. The zero-order valence-electron chi connectivity index (χ0n) is 9.86. The Balaban J connectivity index is 1.93. The van der Waals surface area contributed by atoms with Gasteiger partial charge in [0.1, 0.15) is 5.82 Å². The normalized spacial score (nSPS) is 25.9. The van der Waals surface area contributed by atoms with Crippen molar-refractivity contribution in [3.63, 3.8) is 0 Å². The van der Waals surface area contributed by atoms with Crippen LogP contribution in [0.1, 0.15) is 36.7 Å². The van der Waals surface area contributed by atoms with E-state index in [1.54, 1.807) is 0 Å². The Bertz CT molecular complexity index is 412. The molecule has 0 amide bonds. The summed E-state index contributed by atoms with van der Waals surface area (Å²) in [4.78, 5) is 4.57. The van der Waals surface area contributed by atoms with Gasteiger partial charge in [-0.15, -0.1) is 0 Å². The smallest absolute Gasteiger partial charge is 0.150 e. The molecule has 1 atom stereocenters. The summed E-state index contributed by atoms with van der Waals surface area (Å²) in [6.07, 6.45) is 4.05. The molecule has 94 valence electrons. The van der Waals surface area contributed by atoms with E-state index >= 15 is 0 Å². The van der Waals surface area contributed by atoms with Gasteiger partial charge in [-0.3, -0.25) is 0 Å². The summed E-state index contributed by atoms with van der Waals surface area (Å²) in [5.41, 5.74) is 7.22. The summed E-state index contributed by atoms with van der Waals surface area (Å²) < 4.78 is 7.65. The fourth-order valence-electron chi connectivity index (χ4n) is 2.83. The van der Waals surface area contributed by atoms with Crippen LogP contribution in [0.25, 0.3) is 0 Å². The predicted octanol–water partition coefficient (Wildman–Crippen LogP) is 1.70. The molecule has 1 aromatic heterocycles. The Kier molecular flexibility index (Phi) is 3.11. The molecule has 0 aromatic carbocycles. The molecular formula is C12H18ClN3O. The first-order valence-corrected chi connectivity index (χ1v) is 6.71. The van der Waals surface area contributed by atoms with Crippen LogP contribution in [0.2, 0.25) is 5.15 Å². The van der Waals surface area contributed by atoms with Crippen molar-refractivity contribution in [2.75, 3.05) is 13.2 Å². The maximum atomic E-state index is 6.23. The Hall–Kier alpha value is -0.580. The van der Waals surface area contributed by atoms with Crippen LogP contribution in [0.15, 0.2) is 0 Å². The molecular weight excluding hydrogens is 238 g/mol. The molecule has 5 heteroatoms. The lowest BCUT2D eigenvalue weighted by Crippen LogP contribution is -2.33. The van der Waals surface area contributed by atoms with Crippen LogP contribution in [0, 0.1) is 0 Å². The largest absolute Gasteiger partial charge is 0.381 e. The highest BCUT2D eigenvalue weighted by Gasteiger charge is 2.27. The highest BCUT2D eigenvalue weighted by atomic mass is 35.5. The number of hydrogen-bond donors (Lipinski definition) is 1. The van der Waals surface area contributed by atoms with Crippen molar-refractivity contribution in [3.8, 4) is 0 Å². The molecule has 2 N–H and O–H groups in total. The van der Waals surface area contributed by atoms with Crippen LogP contribution in [-0.4, -0.2) is 28.8 Å². The molecule has 0 aliphatic carbocycles. The fourth-order valence-corrected chi connectivity index (χ4v) is 3.12. The summed E-state index contributed by atoms with van der Waals surface area (Å²) in [5, 5.41) is 0.679. The topological polar surface area (TPSA) is 53.1 Å². The average Bonchev–Trinajstić information content (AvgIpc) is 2.67. The Morgan fingerprint density at radius 3 is 2.82 bits per heavy atom. The molecule has 3 heterocycles. The molecule has 4 nitrogen and oxygen atoms in total. The number of aromatic nitrogens is 2. The van der Waals surface area contributed by atoms with E-state index in [9.17, 15) is 0 Å². The summed E-state index contributed by atoms with van der Waals surface area (Å²) in [6.45, 7) is 2.52. The third kappa shape index (κ3) is 2.09. The van der Waals surface area contributed by atoms with Crippen molar-refractivity contribution < 1.29 is 4.74 Å². The molecule has 0 spiro atoms. The van der Waals surface area contributed by atoms with E-state index in [2.05, 4.69) is 9.55 Å². The van der Waals surface area contributed by atoms with Gasteiger partial charge in [-0.25, -0.2) is 4.98 Å². The molecule has 0 bridgehead atoms. The Morgan fingerprint density at radius 2 is 2.06 bits per heavy atom. The number of nitrogens with zero attached hydrogens (tertiary/aromatic N) is 2. The lowest BCUT2D eigenvalue weighted by molar-refractivity contribution is 0.0826. The second-order valence-electron chi connectivity index (χ2n) is 5.00. The highest BCUT2D eigenvalue weighted by molar-refractivity contribution is 6.30. The first kappa shape index (κ1) is 11.5. The van der Waals surface area contributed by atoms with E-state index in [-0.39, 0.29) is 6.04 Å². The minimum absolute atomic E-state index is 0.242. The first-order valence-electron chi connectivity index (χ1n) is 6.34. The van der Waals surface area contributed by atoms with Crippen LogP contribution >= 0.6 is 11.6 Å². The second-order valence-corrected chi connectivity index (χ2v) is 5.36.